The Morgan fingerprint density at radius 1 is 1.13 bits per heavy atom. The van der Waals surface area contributed by atoms with Gasteiger partial charge in [0.25, 0.3) is 11.8 Å². The maximum atomic E-state index is 12.2. The van der Waals surface area contributed by atoms with E-state index in [0.29, 0.717) is 28.9 Å². The summed E-state index contributed by atoms with van der Waals surface area (Å²) in [6.07, 6.45) is 0. The predicted octanol–water partition coefficient (Wildman–Crippen LogP) is 2.81. The Balaban J connectivity index is 2.05. The molecule has 0 spiro atoms. The van der Waals surface area contributed by atoms with E-state index in [2.05, 4.69) is 10.6 Å². The van der Waals surface area contributed by atoms with Crippen LogP contribution in [0.4, 0.5) is 5.69 Å². The van der Waals surface area contributed by atoms with Gasteiger partial charge in [0.2, 0.25) is 0 Å². The van der Waals surface area contributed by atoms with Crippen molar-refractivity contribution in [2.75, 3.05) is 11.9 Å². The van der Waals surface area contributed by atoms with Gasteiger partial charge in [0.1, 0.15) is 5.76 Å². The molecule has 23 heavy (non-hydrogen) atoms. The molecule has 5 heteroatoms. The monoisotopic (exact) mass is 308 g/mol. The molecule has 0 unspecified atom stereocenters. The molecule has 0 aromatic heterocycles. The van der Waals surface area contributed by atoms with E-state index in [1.165, 1.54) is 0 Å². The predicted molar refractivity (Wildman–Crippen MR) is 89.0 cm³/mol. The summed E-state index contributed by atoms with van der Waals surface area (Å²) in [6, 6.07) is 13.8. The Morgan fingerprint density at radius 2 is 1.87 bits per heavy atom. The minimum absolute atomic E-state index is 0.0763. The molecule has 2 amide bonds. The number of anilines is 1. The fourth-order valence-corrected chi connectivity index (χ4v) is 2.55. The highest BCUT2D eigenvalue weighted by molar-refractivity contribution is 6.36. The van der Waals surface area contributed by atoms with E-state index in [-0.39, 0.29) is 23.1 Å². The quantitative estimate of drug-likeness (QED) is 0.602. The Kier molecular flexibility index (Phi) is 3.85. The van der Waals surface area contributed by atoms with Crippen molar-refractivity contribution in [3.8, 4) is 0 Å². The molecule has 5 nitrogen and oxygen atoms in total. The number of carbonyl (C=O) groups excluding carboxylic acids is 2. The Morgan fingerprint density at radius 3 is 2.57 bits per heavy atom. The lowest BCUT2D eigenvalue weighted by molar-refractivity contribution is -0.110. The van der Waals surface area contributed by atoms with Crippen LogP contribution in [0.5, 0.6) is 0 Å². The molecular weight excluding hydrogens is 292 g/mol. The standard InChI is InChI=1S/C18H16N2O3/c1-2-19-17(22)12-8-9-13-14(10-12)20-18(23)15(13)16(21)11-6-4-3-5-7-11/h3-10,21H,2H2,1H3,(H,19,22)(H,20,23)/b16-15+. The summed E-state index contributed by atoms with van der Waals surface area (Å²) in [5, 5.41) is 15.8. The molecule has 0 radical (unpaired) electrons. The van der Waals surface area contributed by atoms with Crippen molar-refractivity contribution < 1.29 is 14.7 Å². The first-order chi connectivity index (χ1) is 11.1. The minimum Gasteiger partial charge on any atom is -0.506 e. The second-order valence-corrected chi connectivity index (χ2v) is 5.16. The van der Waals surface area contributed by atoms with E-state index in [9.17, 15) is 14.7 Å². The highest BCUT2D eigenvalue weighted by atomic mass is 16.3. The summed E-state index contributed by atoms with van der Waals surface area (Å²) in [7, 11) is 0. The topological polar surface area (TPSA) is 78.4 Å². The van der Waals surface area contributed by atoms with E-state index in [0.717, 1.165) is 0 Å². The van der Waals surface area contributed by atoms with Gasteiger partial charge in [0.15, 0.2) is 0 Å². The van der Waals surface area contributed by atoms with Crippen LogP contribution in [0.1, 0.15) is 28.4 Å². The molecule has 1 heterocycles. The third-order valence-electron chi connectivity index (χ3n) is 3.65. The summed E-state index contributed by atoms with van der Waals surface area (Å²) in [6.45, 7) is 2.37. The molecule has 0 fully saturated rings. The highest BCUT2D eigenvalue weighted by Crippen LogP contribution is 2.36. The number of carbonyl (C=O) groups is 2. The first-order valence-corrected chi connectivity index (χ1v) is 7.34. The van der Waals surface area contributed by atoms with Gasteiger partial charge in [-0.25, -0.2) is 0 Å². The largest absolute Gasteiger partial charge is 0.506 e. The van der Waals surface area contributed by atoms with E-state index in [1.807, 2.05) is 13.0 Å². The lowest BCUT2D eigenvalue weighted by atomic mass is 10.0. The van der Waals surface area contributed by atoms with Gasteiger partial charge in [-0.15, -0.1) is 0 Å². The molecule has 0 bridgehead atoms. The summed E-state index contributed by atoms with van der Waals surface area (Å²) >= 11 is 0. The van der Waals surface area contributed by atoms with Crippen molar-refractivity contribution in [2.24, 2.45) is 0 Å². The van der Waals surface area contributed by atoms with Crippen molar-refractivity contribution in [3.63, 3.8) is 0 Å². The molecule has 0 aliphatic carbocycles. The number of fused-ring (bicyclic) bond motifs is 1. The average Bonchev–Trinajstić information content (AvgIpc) is 2.90. The summed E-state index contributed by atoms with van der Waals surface area (Å²) < 4.78 is 0. The van der Waals surface area contributed by atoms with Crippen molar-refractivity contribution in [2.45, 2.75) is 6.92 Å². The number of benzene rings is 2. The van der Waals surface area contributed by atoms with Crippen LogP contribution >= 0.6 is 0 Å². The Bertz CT molecular complexity index is 810. The fraction of sp³-hybridized carbons (Fsp3) is 0.111. The molecule has 0 saturated carbocycles. The Hall–Kier alpha value is -3.08. The van der Waals surface area contributed by atoms with Gasteiger partial charge in [-0.3, -0.25) is 9.59 Å². The number of aliphatic hydroxyl groups is 1. The number of hydrogen-bond donors (Lipinski definition) is 3. The van der Waals surface area contributed by atoms with Crippen molar-refractivity contribution >= 4 is 28.8 Å². The number of rotatable bonds is 3. The van der Waals surface area contributed by atoms with Crippen molar-refractivity contribution in [3.05, 3.63) is 65.2 Å². The number of hydrogen-bond acceptors (Lipinski definition) is 3. The van der Waals surface area contributed by atoms with Crippen LogP contribution in [0.2, 0.25) is 0 Å². The summed E-state index contributed by atoms with van der Waals surface area (Å²) in [5.74, 6) is -0.656. The number of nitrogens with one attached hydrogen (secondary N) is 2. The molecule has 0 atom stereocenters. The van der Waals surface area contributed by atoms with E-state index >= 15 is 0 Å². The van der Waals surface area contributed by atoms with Gasteiger partial charge in [-0.2, -0.15) is 0 Å². The lowest BCUT2D eigenvalue weighted by Gasteiger charge is -2.06. The van der Waals surface area contributed by atoms with E-state index < -0.39 is 0 Å². The maximum absolute atomic E-state index is 12.2. The smallest absolute Gasteiger partial charge is 0.260 e. The summed E-state index contributed by atoms with van der Waals surface area (Å²) in [5.41, 5.74) is 2.36. The van der Waals surface area contributed by atoms with Crippen LogP contribution in [-0.4, -0.2) is 23.5 Å². The molecule has 1 aliphatic heterocycles. The van der Waals surface area contributed by atoms with Crippen LogP contribution < -0.4 is 10.6 Å². The fourth-order valence-electron chi connectivity index (χ4n) is 2.55. The van der Waals surface area contributed by atoms with Crippen LogP contribution in [0.15, 0.2) is 48.5 Å². The first kappa shape index (κ1) is 14.8. The zero-order valence-electron chi connectivity index (χ0n) is 12.6. The first-order valence-electron chi connectivity index (χ1n) is 7.34. The normalized spacial score (nSPS) is 14.9. The zero-order chi connectivity index (χ0) is 16.4. The maximum Gasteiger partial charge on any atom is 0.260 e. The molecule has 3 N–H and O–H groups in total. The van der Waals surface area contributed by atoms with Gasteiger partial charge in [0, 0.05) is 23.2 Å². The molecule has 2 aromatic rings. The van der Waals surface area contributed by atoms with Gasteiger partial charge in [0.05, 0.1) is 11.3 Å². The SMILES string of the molecule is CCNC(=O)c1ccc2c(c1)NC(=O)/C2=C(/O)c1ccccc1. The van der Waals surface area contributed by atoms with Crippen molar-refractivity contribution in [1.82, 2.24) is 5.32 Å². The molecule has 3 rings (SSSR count). The molecule has 2 aromatic carbocycles. The van der Waals surface area contributed by atoms with Crippen LogP contribution in [0, 0.1) is 0 Å². The van der Waals surface area contributed by atoms with Gasteiger partial charge in [-0.05, 0) is 19.1 Å². The average molecular weight is 308 g/mol. The third kappa shape index (κ3) is 2.68. The van der Waals surface area contributed by atoms with Crippen molar-refractivity contribution in [1.29, 1.82) is 0 Å². The minimum atomic E-state index is -0.380. The lowest BCUT2D eigenvalue weighted by Crippen LogP contribution is -2.22. The van der Waals surface area contributed by atoms with Gasteiger partial charge < -0.3 is 15.7 Å². The third-order valence-corrected chi connectivity index (χ3v) is 3.65. The van der Waals surface area contributed by atoms with Gasteiger partial charge >= 0.3 is 0 Å². The molecule has 1 aliphatic rings. The van der Waals surface area contributed by atoms with Gasteiger partial charge in [-0.1, -0.05) is 36.4 Å². The molecular formula is C18H16N2O3. The van der Waals surface area contributed by atoms with Crippen LogP contribution in [0.25, 0.3) is 11.3 Å². The summed E-state index contributed by atoms with van der Waals surface area (Å²) in [4.78, 5) is 24.1. The number of aliphatic hydroxyl groups excluding tert-OH is 1. The second-order valence-electron chi connectivity index (χ2n) is 5.16. The van der Waals surface area contributed by atoms with E-state index in [4.69, 9.17) is 0 Å². The Labute approximate surface area is 133 Å². The highest BCUT2D eigenvalue weighted by Gasteiger charge is 2.29. The second kappa shape index (κ2) is 5.96. The zero-order valence-corrected chi connectivity index (χ0v) is 12.6. The number of amides is 2. The molecule has 116 valence electrons. The van der Waals surface area contributed by atoms with Crippen LogP contribution in [-0.2, 0) is 4.79 Å². The van der Waals surface area contributed by atoms with E-state index in [1.54, 1.807) is 42.5 Å². The van der Waals surface area contributed by atoms with Crippen LogP contribution in [0.3, 0.4) is 0 Å². The molecule has 0 saturated heterocycles.